The molecule has 1 N–H and O–H groups in total. The Bertz CT molecular complexity index is 343. The van der Waals surface area contributed by atoms with Gasteiger partial charge in [0.2, 0.25) is 0 Å². The Kier molecular flexibility index (Phi) is 2.88. The van der Waals surface area contributed by atoms with Crippen LogP contribution in [0.25, 0.3) is 0 Å². The molecule has 1 unspecified atom stereocenters. The lowest BCUT2D eigenvalue weighted by atomic mass is 10.1. The number of hydrogen-bond acceptors (Lipinski definition) is 2. The van der Waals surface area contributed by atoms with E-state index in [1.807, 2.05) is 12.1 Å². The minimum absolute atomic E-state index is 0.371. The molecule has 1 aliphatic rings. The molecule has 0 spiro atoms. The SMILES string of the molecule is OC1CCSc2c(Cl)ccc(Br)c21. The van der Waals surface area contributed by atoms with Crippen molar-refractivity contribution >= 4 is 39.3 Å². The van der Waals surface area contributed by atoms with Gasteiger partial charge in [-0.25, -0.2) is 0 Å². The molecule has 1 atom stereocenters. The first kappa shape index (κ1) is 9.84. The van der Waals surface area contributed by atoms with Crippen LogP contribution in [0.3, 0.4) is 0 Å². The fraction of sp³-hybridized carbons (Fsp3) is 0.333. The molecule has 0 fully saturated rings. The van der Waals surface area contributed by atoms with Crippen molar-refractivity contribution in [1.82, 2.24) is 0 Å². The van der Waals surface area contributed by atoms with Crippen molar-refractivity contribution in [3.63, 3.8) is 0 Å². The first-order valence-electron chi connectivity index (χ1n) is 3.99. The molecule has 0 amide bonds. The molecule has 0 aliphatic carbocycles. The number of fused-ring (bicyclic) bond motifs is 1. The predicted molar refractivity (Wildman–Crippen MR) is 59.5 cm³/mol. The predicted octanol–water partition coefficient (Wildman–Crippen LogP) is 3.63. The van der Waals surface area contributed by atoms with E-state index in [9.17, 15) is 5.11 Å². The average Bonchev–Trinajstić information content (AvgIpc) is 2.12. The summed E-state index contributed by atoms with van der Waals surface area (Å²) in [5, 5.41) is 10.5. The third-order valence-electron chi connectivity index (χ3n) is 2.07. The van der Waals surface area contributed by atoms with Gasteiger partial charge in [-0.15, -0.1) is 11.8 Å². The molecule has 2 rings (SSSR count). The number of thioether (sulfide) groups is 1. The number of halogens is 2. The van der Waals surface area contributed by atoms with Crippen LogP contribution < -0.4 is 0 Å². The second-order valence-corrected chi connectivity index (χ2v) is 5.29. The van der Waals surface area contributed by atoms with Gasteiger partial charge < -0.3 is 5.11 Å². The van der Waals surface area contributed by atoms with Crippen LogP contribution in [0.15, 0.2) is 21.5 Å². The molecule has 13 heavy (non-hydrogen) atoms. The van der Waals surface area contributed by atoms with Gasteiger partial charge in [0.15, 0.2) is 0 Å². The molecule has 0 saturated heterocycles. The maximum absolute atomic E-state index is 9.76. The molecule has 4 heteroatoms. The molecule has 1 nitrogen and oxygen atoms in total. The molecule has 1 aliphatic heterocycles. The van der Waals surface area contributed by atoms with Crippen LogP contribution in [0.2, 0.25) is 5.02 Å². The zero-order valence-electron chi connectivity index (χ0n) is 6.76. The minimum atomic E-state index is -0.371. The summed E-state index contributed by atoms with van der Waals surface area (Å²) in [4.78, 5) is 1.02. The van der Waals surface area contributed by atoms with Crippen molar-refractivity contribution in [3.8, 4) is 0 Å². The van der Waals surface area contributed by atoms with Crippen molar-refractivity contribution in [2.24, 2.45) is 0 Å². The summed E-state index contributed by atoms with van der Waals surface area (Å²) >= 11 is 11.2. The van der Waals surface area contributed by atoms with E-state index in [0.29, 0.717) is 0 Å². The van der Waals surface area contributed by atoms with E-state index in [1.165, 1.54) is 0 Å². The van der Waals surface area contributed by atoms with Crippen molar-refractivity contribution in [3.05, 3.63) is 27.2 Å². The number of aliphatic hydroxyl groups is 1. The largest absolute Gasteiger partial charge is 0.388 e. The zero-order valence-corrected chi connectivity index (χ0v) is 9.92. The first-order chi connectivity index (χ1) is 6.20. The lowest BCUT2D eigenvalue weighted by molar-refractivity contribution is 0.169. The number of benzene rings is 1. The smallest absolute Gasteiger partial charge is 0.0820 e. The van der Waals surface area contributed by atoms with Crippen LogP contribution in [-0.2, 0) is 0 Å². The fourth-order valence-electron chi connectivity index (χ4n) is 1.42. The second-order valence-electron chi connectivity index (χ2n) is 2.92. The molecule has 1 heterocycles. The van der Waals surface area contributed by atoms with E-state index in [4.69, 9.17) is 11.6 Å². The van der Waals surface area contributed by atoms with Crippen LogP contribution in [0.1, 0.15) is 18.1 Å². The molecule has 1 aromatic carbocycles. The highest BCUT2D eigenvalue weighted by atomic mass is 79.9. The third kappa shape index (κ3) is 1.75. The van der Waals surface area contributed by atoms with E-state index in [-0.39, 0.29) is 6.10 Å². The standard InChI is InChI=1S/C9H8BrClOS/c10-5-1-2-6(11)9-8(5)7(12)3-4-13-9/h1-2,7,12H,3-4H2. The Morgan fingerprint density at radius 3 is 3.00 bits per heavy atom. The van der Waals surface area contributed by atoms with Crippen molar-refractivity contribution in [2.75, 3.05) is 5.75 Å². The maximum atomic E-state index is 9.76. The summed E-state index contributed by atoms with van der Waals surface area (Å²) in [5.41, 5.74) is 0.948. The normalized spacial score (nSPS) is 21.3. The van der Waals surface area contributed by atoms with Gasteiger partial charge in [0.1, 0.15) is 0 Å². The van der Waals surface area contributed by atoms with Crippen LogP contribution >= 0.6 is 39.3 Å². The van der Waals surface area contributed by atoms with E-state index >= 15 is 0 Å². The Morgan fingerprint density at radius 1 is 1.54 bits per heavy atom. The van der Waals surface area contributed by atoms with Crippen molar-refractivity contribution < 1.29 is 5.11 Å². The summed E-state index contributed by atoms with van der Waals surface area (Å²) in [6.07, 6.45) is 0.431. The highest BCUT2D eigenvalue weighted by Gasteiger charge is 2.22. The summed E-state index contributed by atoms with van der Waals surface area (Å²) in [6, 6.07) is 3.74. The van der Waals surface area contributed by atoms with Crippen molar-refractivity contribution in [1.29, 1.82) is 0 Å². The maximum Gasteiger partial charge on any atom is 0.0820 e. The molecule has 70 valence electrons. The molecule has 0 radical (unpaired) electrons. The van der Waals surface area contributed by atoms with E-state index in [2.05, 4.69) is 15.9 Å². The fourth-order valence-corrected chi connectivity index (χ4v) is 3.63. The quantitative estimate of drug-likeness (QED) is 0.782. The van der Waals surface area contributed by atoms with Gasteiger partial charge in [-0.1, -0.05) is 27.5 Å². The summed E-state index contributed by atoms with van der Waals surface area (Å²) in [7, 11) is 0. The average molecular weight is 280 g/mol. The van der Waals surface area contributed by atoms with Gasteiger partial charge in [0.25, 0.3) is 0 Å². The van der Waals surface area contributed by atoms with E-state index in [0.717, 1.165) is 32.1 Å². The highest BCUT2D eigenvalue weighted by molar-refractivity contribution is 9.10. The highest BCUT2D eigenvalue weighted by Crippen LogP contribution is 2.43. The summed E-state index contributed by atoms with van der Waals surface area (Å²) < 4.78 is 0.951. The lowest BCUT2D eigenvalue weighted by Gasteiger charge is -2.22. The first-order valence-corrected chi connectivity index (χ1v) is 6.14. The van der Waals surface area contributed by atoms with Crippen molar-refractivity contribution in [2.45, 2.75) is 17.4 Å². The van der Waals surface area contributed by atoms with Crippen LogP contribution in [0, 0.1) is 0 Å². The van der Waals surface area contributed by atoms with Gasteiger partial charge in [0, 0.05) is 20.7 Å². The van der Waals surface area contributed by atoms with Crippen LogP contribution in [-0.4, -0.2) is 10.9 Å². The van der Waals surface area contributed by atoms with Gasteiger partial charge in [-0.2, -0.15) is 0 Å². The van der Waals surface area contributed by atoms with Gasteiger partial charge in [-0.05, 0) is 18.6 Å². The van der Waals surface area contributed by atoms with E-state index in [1.54, 1.807) is 11.8 Å². The molecular formula is C9H8BrClOS. The van der Waals surface area contributed by atoms with Crippen LogP contribution in [0.5, 0.6) is 0 Å². The number of hydrogen-bond donors (Lipinski definition) is 1. The molecule has 0 saturated carbocycles. The number of aliphatic hydroxyl groups excluding tert-OH is 1. The van der Waals surface area contributed by atoms with Gasteiger partial charge >= 0.3 is 0 Å². The second kappa shape index (κ2) is 3.81. The monoisotopic (exact) mass is 278 g/mol. The number of rotatable bonds is 0. The summed E-state index contributed by atoms with van der Waals surface area (Å²) in [5.74, 6) is 0.935. The van der Waals surface area contributed by atoms with Crippen LogP contribution in [0.4, 0.5) is 0 Å². The Morgan fingerprint density at radius 2 is 2.31 bits per heavy atom. The molecule has 0 bridgehead atoms. The molecule has 1 aromatic rings. The zero-order chi connectivity index (χ0) is 9.42. The Labute approximate surface area is 94.6 Å². The molecular weight excluding hydrogens is 272 g/mol. The lowest BCUT2D eigenvalue weighted by Crippen LogP contribution is -2.07. The minimum Gasteiger partial charge on any atom is -0.388 e. The third-order valence-corrected chi connectivity index (χ3v) is 4.35. The van der Waals surface area contributed by atoms with E-state index < -0.39 is 0 Å². The summed E-state index contributed by atoms with van der Waals surface area (Å²) in [6.45, 7) is 0. The molecule has 0 aromatic heterocycles. The van der Waals surface area contributed by atoms with Gasteiger partial charge in [0.05, 0.1) is 11.1 Å². The topological polar surface area (TPSA) is 20.2 Å². The van der Waals surface area contributed by atoms with Gasteiger partial charge in [-0.3, -0.25) is 0 Å². The Balaban J connectivity index is 2.60. The Hall–Kier alpha value is 0.300.